The van der Waals surface area contributed by atoms with Crippen LogP contribution in [0.3, 0.4) is 0 Å². The summed E-state index contributed by atoms with van der Waals surface area (Å²) in [5, 5.41) is 0. The number of rotatable bonds is 6. The Balaban J connectivity index is 2.63. The van der Waals surface area contributed by atoms with Gasteiger partial charge in [0.1, 0.15) is 11.4 Å². The molecule has 1 amide bonds. The normalized spacial score (nSPS) is 24.8. The summed E-state index contributed by atoms with van der Waals surface area (Å²) < 4.78 is 19.3. The van der Waals surface area contributed by atoms with Gasteiger partial charge in [0.15, 0.2) is 0 Å². The summed E-state index contributed by atoms with van der Waals surface area (Å²) in [6.45, 7) is 2.97. The van der Waals surface area contributed by atoms with Crippen molar-refractivity contribution in [2.45, 2.75) is 38.0 Å². The van der Waals surface area contributed by atoms with E-state index in [-0.39, 0.29) is 19.1 Å². The van der Waals surface area contributed by atoms with E-state index in [0.717, 1.165) is 6.42 Å². The van der Waals surface area contributed by atoms with Gasteiger partial charge in [-0.25, -0.2) is 4.39 Å². The van der Waals surface area contributed by atoms with Crippen molar-refractivity contribution in [1.82, 2.24) is 4.90 Å². The molecular formula is C17H24FN3O3. The van der Waals surface area contributed by atoms with Gasteiger partial charge in [0.05, 0.1) is 6.10 Å². The van der Waals surface area contributed by atoms with Gasteiger partial charge in [0.25, 0.3) is 5.91 Å². The van der Waals surface area contributed by atoms with Crippen molar-refractivity contribution in [3.8, 4) is 0 Å². The third-order valence-corrected chi connectivity index (χ3v) is 4.70. The van der Waals surface area contributed by atoms with Crippen LogP contribution in [0.1, 0.15) is 30.9 Å². The molecule has 0 aromatic heterocycles. The second-order valence-electron chi connectivity index (χ2n) is 6.05. The number of ether oxygens (including phenoxy) is 1. The SMILES string of the molecule is CCOC1CCN(C)C(C(=O)C(N)=O)(c2ccc(F)cc2CN)C1. The number of ketones is 1. The number of likely N-dealkylation sites (tertiary alicyclic amines) is 1. The zero-order valence-electron chi connectivity index (χ0n) is 14.0. The van der Waals surface area contributed by atoms with Gasteiger partial charge in [-0.2, -0.15) is 0 Å². The molecule has 0 bridgehead atoms. The van der Waals surface area contributed by atoms with Crippen molar-refractivity contribution in [3.63, 3.8) is 0 Å². The first kappa shape index (κ1) is 18.5. The molecule has 1 aliphatic heterocycles. The van der Waals surface area contributed by atoms with E-state index < -0.39 is 23.0 Å². The summed E-state index contributed by atoms with van der Waals surface area (Å²) in [4.78, 5) is 26.4. The minimum Gasteiger partial charge on any atom is -0.378 e. The highest BCUT2D eigenvalue weighted by Gasteiger charge is 2.51. The van der Waals surface area contributed by atoms with Crippen molar-refractivity contribution in [3.05, 3.63) is 35.1 Å². The molecule has 1 fully saturated rings. The van der Waals surface area contributed by atoms with Crippen molar-refractivity contribution >= 4 is 11.7 Å². The van der Waals surface area contributed by atoms with Gasteiger partial charge < -0.3 is 16.2 Å². The molecule has 1 aromatic carbocycles. The smallest absolute Gasteiger partial charge is 0.287 e. The van der Waals surface area contributed by atoms with E-state index in [1.54, 1.807) is 11.9 Å². The summed E-state index contributed by atoms with van der Waals surface area (Å²) in [6, 6.07) is 4.08. The molecule has 132 valence electrons. The van der Waals surface area contributed by atoms with Crippen LogP contribution in [-0.4, -0.2) is 42.9 Å². The van der Waals surface area contributed by atoms with Gasteiger partial charge in [-0.15, -0.1) is 0 Å². The molecule has 2 atom stereocenters. The molecule has 6 nitrogen and oxygen atoms in total. The van der Waals surface area contributed by atoms with Crippen LogP contribution in [-0.2, 0) is 26.4 Å². The van der Waals surface area contributed by atoms with Crippen molar-refractivity contribution < 1.29 is 18.7 Å². The monoisotopic (exact) mass is 337 g/mol. The largest absolute Gasteiger partial charge is 0.378 e. The Labute approximate surface area is 140 Å². The van der Waals surface area contributed by atoms with Gasteiger partial charge >= 0.3 is 0 Å². The number of amides is 1. The zero-order chi connectivity index (χ0) is 17.9. The Morgan fingerprint density at radius 2 is 2.17 bits per heavy atom. The number of carbonyl (C=O) groups is 2. The second-order valence-corrected chi connectivity index (χ2v) is 6.05. The van der Waals surface area contributed by atoms with Crippen LogP contribution in [0.2, 0.25) is 0 Å². The van der Waals surface area contributed by atoms with Gasteiger partial charge in [-0.1, -0.05) is 6.07 Å². The fraction of sp³-hybridized carbons (Fsp3) is 0.529. The average molecular weight is 337 g/mol. The molecule has 1 aliphatic rings. The molecule has 0 radical (unpaired) electrons. The highest BCUT2D eigenvalue weighted by Crippen LogP contribution is 2.40. The Bertz CT molecular complexity index is 638. The van der Waals surface area contributed by atoms with Gasteiger partial charge in [0.2, 0.25) is 5.78 Å². The van der Waals surface area contributed by atoms with E-state index >= 15 is 0 Å². The molecular weight excluding hydrogens is 313 g/mol. The molecule has 24 heavy (non-hydrogen) atoms. The van der Waals surface area contributed by atoms with Crippen LogP contribution in [0.4, 0.5) is 4.39 Å². The average Bonchev–Trinajstić information content (AvgIpc) is 2.56. The molecule has 1 heterocycles. The number of primary amides is 1. The maximum atomic E-state index is 13.6. The third kappa shape index (κ3) is 3.19. The maximum absolute atomic E-state index is 13.6. The predicted octanol–water partition coefficient (Wildman–Crippen LogP) is 0.665. The quantitative estimate of drug-likeness (QED) is 0.743. The van der Waals surface area contributed by atoms with E-state index in [9.17, 15) is 14.0 Å². The van der Waals surface area contributed by atoms with Crippen molar-refractivity contribution in [1.29, 1.82) is 0 Å². The zero-order valence-corrected chi connectivity index (χ0v) is 14.0. The fourth-order valence-corrected chi connectivity index (χ4v) is 3.54. The Hall–Kier alpha value is -1.83. The lowest BCUT2D eigenvalue weighted by molar-refractivity contribution is -0.149. The molecule has 2 unspecified atom stereocenters. The molecule has 1 saturated heterocycles. The summed E-state index contributed by atoms with van der Waals surface area (Å²) in [5.41, 5.74) is 10.8. The van der Waals surface area contributed by atoms with Gasteiger partial charge in [-0.3, -0.25) is 14.5 Å². The lowest BCUT2D eigenvalue weighted by atomic mass is 9.74. The first-order chi connectivity index (χ1) is 11.4. The summed E-state index contributed by atoms with van der Waals surface area (Å²) in [7, 11) is 1.76. The highest BCUT2D eigenvalue weighted by atomic mass is 19.1. The van der Waals surface area contributed by atoms with Crippen LogP contribution in [0.5, 0.6) is 0 Å². The topological polar surface area (TPSA) is 98.6 Å². The van der Waals surface area contributed by atoms with Crippen LogP contribution < -0.4 is 11.5 Å². The number of hydrogen-bond donors (Lipinski definition) is 2. The van der Waals surface area contributed by atoms with Crippen molar-refractivity contribution in [2.75, 3.05) is 20.2 Å². The Morgan fingerprint density at radius 3 is 2.75 bits per heavy atom. The van der Waals surface area contributed by atoms with E-state index in [2.05, 4.69) is 0 Å². The molecule has 4 N–H and O–H groups in total. The number of nitrogens with zero attached hydrogens (tertiary/aromatic N) is 1. The van der Waals surface area contributed by atoms with E-state index in [0.29, 0.717) is 24.3 Å². The van der Waals surface area contributed by atoms with Crippen LogP contribution in [0, 0.1) is 5.82 Å². The van der Waals surface area contributed by atoms with Gasteiger partial charge in [-0.05, 0) is 43.7 Å². The number of Topliss-reactive ketones (excluding diaryl/α,β-unsaturated/α-hetero) is 1. The standard InChI is InChI=1S/C17H24FN3O3/c1-3-24-13-6-7-21(2)17(9-13,15(22)16(20)23)14-5-4-12(18)8-11(14)10-19/h4-5,8,13H,3,6-7,9-10,19H2,1-2H3,(H2,20,23). The van der Waals surface area contributed by atoms with Crippen LogP contribution in [0.25, 0.3) is 0 Å². The molecule has 0 saturated carbocycles. The third-order valence-electron chi connectivity index (χ3n) is 4.70. The van der Waals surface area contributed by atoms with Crippen LogP contribution in [0.15, 0.2) is 18.2 Å². The number of piperidine rings is 1. The minimum absolute atomic E-state index is 0.0496. The Kier molecular flexibility index (Phi) is 5.69. The predicted molar refractivity (Wildman–Crippen MR) is 87.4 cm³/mol. The first-order valence-corrected chi connectivity index (χ1v) is 8.02. The van der Waals surface area contributed by atoms with E-state index in [1.807, 2.05) is 6.92 Å². The lowest BCUT2D eigenvalue weighted by Crippen LogP contribution is -2.59. The van der Waals surface area contributed by atoms with E-state index in [4.69, 9.17) is 16.2 Å². The molecule has 0 spiro atoms. The van der Waals surface area contributed by atoms with Crippen LogP contribution >= 0.6 is 0 Å². The summed E-state index contributed by atoms with van der Waals surface area (Å²) in [6.07, 6.45) is 0.819. The molecule has 1 aromatic rings. The minimum atomic E-state index is -1.29. The number of halogens is 1. The maximum Gasteiger partial charge on any atom is 0.287 e. The summed E-state index contributed by atoms with van der Waals surface area (Å²) in [5.74, 6) is -2.19. The highest BCUT2D eigenvalue weighted by molar-refractivity contribution is 6.39. The summed E-state index contributed by atoms with van der Waals surface area (Å²) >= 11 is 0. The second kappa shape index (κ2) is 7.38. The Morgan fingerprint density at radius 1 is 1.46 bits per heavy atom. The fourth-order valence-electron chi connectivity index (χ4n) is 3.54. The number of likely N-dealkylation sites (N-methyl/N-ethyl adjacent to an activating group) is 1. The number of benzene rings is 1. The molecule has 7 heteroatoms. The number of nitrogens with two attached hydrogens (primary N) is 2. The van der Waals surface area contributed by atoms with E-state index in [1.165, 1.54) is 18.2 Å². The van der Waals surface area contributed by atoms with Crippen molar-refractivity contribution in [2.24, 2.45) is 11.5 Å². The molecule has 0 aliphatic carbocycles. The first-order valence-electron chi connectivity index (χ1n) is 8.02. The lowest BCUT2D eigenvalue weighted by Gasteiger charge is -2.47. The molecule has 2 rings (SSSR count). The number of hydrogen-bond acceptors (Lipinski definition) is 5. The number of carbonyl (C=O) groups excluding carboxylic acids is 2. The van der Waals surface area contributed by atoms with Gasteiger partial charge in [0, 0.05) is 26.1 Å².